The van der Waals surface area contributed by atoms with Gasteiger partial charge in [0.25, 0.3) is 0 Å². The molecule has 0 N–H and O–H groups in total. The highest BCUT2D eigenvalue weighted by molar-refractivity contribution is 6.29. The number of halogens is 2. The van der Waals surface area contributed by atoms with Crippen LogP contribution in [0.1, 0.15) is 31.4 Å². The van der Waals surface area contributed by atoms with Gasteiger partial charge in [-0.15, -0.1) is 0 Å². The van der Waals surface area contributed by atoms with Crippen LogP contribution in [0.5, 0.6) is 5.75 Å². The molecule has 6 heteroatoms. The standard InChI is InChI=1S/C17H14ClFN2O2/c1-9-10-6-16(18)20-8-12(10)11-5-13(19)14(7-15(11)23-9)21-4-2-3-17(21)22/h5-9H,2-4H2,1H3/t9-/m0/s1. The molecule has 3 heterocycles. The molecule has 1 amide bonds. The first kappa shape index (κ1) is 14.5. The fraction of sp³-hybridized carbons (Fsp3) is 0.294. The van der Waals surface area contributed by atoms with Gasteiger partial charge in [0.1, 0.15) is 22.8 Å². The molecule has 1 atom stereocenters. The number of nitrogens with zero attached hydrogens (tertiary/aromatic N) is 2. The lowest BCUT2D eigenvalue weighted by Gasteiger charge is -2.28. The van der Waals surface area contributed by atoms with Crippen molar-refractivity contribution in [3.05, 3.63) is 40.9 Å². The van der Waals surface area contributed by atoms with Gasteiger partial charge in [-0.1, -0.05) is 11.6 Å². The van der Waals surface area contributed by atoms with Crippen LogP contribution in [0.2, 0.25) is 5.15 Å². The summed E-state index contributed by atoms with van der Waals surface area (Å²) in [4.78, 5) is 17.5. The fourth-order valence-electron chi connectivity index (χ4n) is 3.22. The number of amides is 1. The minimum absolute atomic E-state index is 0.0541. The topological polar surface area (TPSA) is 42.4 Å². The van der Waals surface area contributed by atoms with Crippen LogP contribution in [-0.2, 0) is 4.79 Å². The van der Waals surface area contributed by atoms with Crippen molar-refractivity contribution in [2.24, 2.45) is 0 Å². The molecule has 2 aliphatic heterocycles. The molecule has 1 aromatic carbocycles. The molecule has 0 spiro atoms. The van der Waals surface area contributed by atoms with E-state index in [0.29, 0.717) is 29.4 Å². The van der Waals surface area contributed by atoms with Gasteiger partial charge in [0.05, 0.1) is 5.69 Å². The van der Waals surface area contributed by atoms with E-state index in [-0.39, 0.29) is 17.7 Å². The molecule has 1 saturated heterocycles. The largest absolute Gasteiger partial charge is 0.485 e. The van der Waals surface area contributed by atoms with Crippen molar-refractivity contribution in [3.8, 4) is 16.9 Å². The number of hydrogen-bond acceptors (Lipinski definition) is 3. The molecule has 0 aliphatic carbocycles. The Morgan fingerprint density at radius 3 is 2.91 bits per heavy atom. The third kappa shape index (κ3) is 2.27. The zero-order chi connectivity index (χ0) is 16.1. The second-order valence-corrected chi connectivity index (χ2v) is 6.19. The second kappa shape index (κ2) is 5.20. The van der Waals surface area contributed by atoms with Gasteiger partial charge in [-0.3, -0.25) is 4.79 Å². The summed E-state index contributed by atoms with van der Waals surface area (Å²) in [5, 5.41) is 0.377. The van der Waals surface area contributed by atoms with Gasteiger partial charge in [0.2, 0.25) is 5.91 Å². The van der Waals surface area contributed by atoms with Gasteiger partial charge in [-0.25, -0.2) is 9.37 Å². The van der Waals surface area contributed by atoms with Crippen LogP contribution in [0.4, 0.5) is 10.1 Å². The van der Waals surface area contributed by atoms with Gasteiger partial charge in [0.15, 0.2) is 0 Å². The average Bonchev–Trinajstić information content (AvgIpc) is 2.94. The Kier molecular flexibility index (Phi) is 3.27. The monoisotopic (exact) mass is 332 g/mol. The lowest BCUT2D eigenvalue weighted by atomic mass is 9.95. The summed E-state index contributed by atoms with van der Waals surface area (Å²) >= 11 is 5.94. The summed E-state index contributed by atoms with van der Waals surface area (Å²) in [6.45, 7) is 2.44. The number of ether oxygens (including phenoxy) is 1. The number of carbonyl (C=O) groups is 1. The molecule has 0 unspecified atom stereocenters. The molecule has 118 valence electrons. The van der Waals surface area contributed by atoms with E-state index in [1.54, 1.807) is 18.3 Å². The minimum atomic E-state index is -0.432. The lowest BCUT2D eigenvalue weighted by molar-refractivity contribution is -0.117. The van der Waals surface area contributed by atoms with Crippen LogP contribution < -0.4 is 9.64 Å². The number of pyridine rings is 1. The molecule has 4 nitrogen and oxygen atoms in total. The predicted molar refractivity (Wildman–Crippen MR) is 85.3 cm³/mol. The Balaban J connectivity index is 1.86. The van der Waals surface area contributed by atoms with Gasteiger partial charge < -0.3 is 9.64 Å². The van der Waals surface area contributed by atoms with E-state index in [9.17, 15) is 9.18 Å². The van der Waals surface area contributed by atoms with Gasteiger partial charge in [-0.05, 0) is 25.5 Å². The maximum atomic E-state index is 14.6. The van der Waals surface area contributed by atoms with Crippen molar-refractivity contribution in [3.63, 3.8) is 0 Å². The predicted octanol–water partition coefficient (Wildman–Crippen LogP) is 4.12. The number of hydrogen-bond donors (Lipinski definition) is 0. The van der Waals surface area contributed by atoms with E-state index < -0.39 is 5.82 Å². The molecular weight excluding hydrogens is 319 g/mol. The summed E-state index contributed by atoms with van der Waals surface area (Å²) < 4.78 is 20.5. The van der Waals surface area contributed by atoms with Crippen LogP contribution in [0.25, 0.3) is 11.1 Å². The normalized spacial score (nSPS) is 19.3. The van der Waals surface area contributed by atoms with Gasteiger partial charge in [-0.2, -0.15) is 0 Å². The van der Waals surface area contributed by atoms with Crippen LogP contribution in [0.15, 0.2) is 24.4 Å². The zero-order valence-corrected chi connectivity index (χ0v) is 13.2. The summed E-state index contributed by atoms with van der Waals surface area (Å²) in [5.74, 6) is 0.0739. The molecule has 23 heavy (non-hydrogen) atoms. The molecule has 0 bridgehead atoms. The van der Waals surface area contributed by atoms with Crippen molar-refractivity contribution < 1.29 is 13.9 Å². The Morgan fingerprint density at radius 2 is 2.17 bits per heavy atom. The van der Waals surface area contributed by atoms with E-state index >= 15 is 0 Å². The molecule has 0 radical (unpaired) electrons. The van der Waals surface area contributed by atoms with E-state index in [1.807, 2.05) is 6.92 Å². The first-order valence-corrected chi connectivity index (χ1v) is 7.89. The smallest absolute Gasteiger partial charge is 0.227 e. The molecule has 1 fully saturated rings. The van der Waals surface area contributed by atoms with Crippen molar-refractivity contribution in [1.29, 1.82) is 0 Å². The third-order valence-electron chi connectivity index (χ3n) is 4.35. The highest BCUT2D eigenvalue weighted by Crippen LogP contribution is 2.45. The van der Waals surface area contributed by atoms with Crippen molar-refractivity contribution >= 4 is 23.2 Å². The van der Waals surface area contributed by atoms with Crippen LogP contribution in [-0.4, -0.2) is 17.4 Å². The van der Waals surface area contributed by atoms with Crippen molar-refractivity contribution in [2.45, 2.75) is 25.9 Å². The third-order valence-corrected chi connectivity index (χ3v) is 4.55. The van der Waals surface area contributed by atoms with E-state index in [2.05, 4.69) is 4.98 Å². The number of aromatic nitrogens is 1. The number of carbonyl (C=O) groups excluding carboxylic acids is 1. The molecule has 4 rings (SSSR count). The summed E-state index contributed by atoms with van der Waals surface area (Å²) in [6, 6.07) is 4.76. The second-order valence-electron chi connectivity index (χ2n) is 5.80. The molecular formula is C17H14ClFN2O2. The molecule has 0 saturated carbocycles. The highest BCUT2D eigenvalue weighted by atomic mass is 35.5. The average molecular weight is 333 g/mol. The summed E-state index contributed by atoms with van der Waals surface area (Å²) in [6.07, 6.45) is 2.62. The quantitative estimate of drug-likeness (QED) is 0.738. The summed E-state index contributed by atoms with van der Waals surface area (Å²) in [7, 11) is 0. The maximum absolute atomic E-state index is 14.6. The SMILES string of the molecule is C[C@@H]1Oc2cc(N3CCCC3=O)c(F)cc2-c2cnc(Cl)cc21. The lowest BCUT2D eigenvalue weighted by Crippen LogP contribution is -2.25. The number of anilines is 1. The fourth-order valence-corrected chi connectivity index (χ4v) is 3.39. The summed E-state index contributed by atoms with van der Waals surface area (Å²) in [5.41, 5.74) is 2.60. The molecule has 2 aliphatic rings. The van der Waals surface area contributed by atoms with Gasteiger partial charge in [0, 0.05) is 41.9 Å². The Morgan fingerprint density at radius 1 is 1.35 bits per heavy atom. The molecule has 1 aromatic heterocycles. The van der Waals surface area contributed by atoms with Crippen LogP contribution in [0, 0.1) is 5.82 Å². The van der Waals surface area contributed by atoms with Crippen molar-refractivity contribution in [1.82, 2.24) is 4.98 Å². The Labute approximate surface area is 137 Å². The van der Waals surface area contributed by atoms with Crippen molar-refractivity contribution in [2.75, 3.05) is 11.4 Å². The first-order valence-electron chi connectivity index (χ1n) is 7.51. The maximum Gasteiger partial charge on any atom is 0.227 e. The van der Waals surface area contributed by atoms with E-state index in [0.717, 1.165) is 17.5 Å². The first-order chi connectivity index (χ1) is 11.0. The Bertz CT molecular complexity index is 824. The number of rotatable bonds is 1. The number of fused-ring (bicyclic) bond motifs is 3. The highest BCUT2D eigenvalue weighted by Gasteiger charge is 2.29. The minimum Gasteiger partial charge on any atom is -0.485 e. The van der Waals surface area contributed by atoms with Crippen LogP contribution in [0.3, 0.4) is 0 Å². The zero-order valence-electron chi connectivity index (χ0n) is 12.5. The molecule has 2 aromatic rings. The number of benzene rings is 1. The van der Waals surface area contributed by atoms with E-state index in [4.69, 9.17) is 16.3 Å². The van der Waals surface area contributed by atoms with Gasteiger partial charge >= 0.3 is 0 Å². The van der Waals surface area contributed by atoms with E-state index in [1.165, 1.54) is 11.0 Å². The Hall–Kier alpha value is -2.14. The van der Waals surface area contributed by atoms with Crippen LogP contribution >= 0.6 is 11.6 Å².